The molecular formula is C23H20N4O3. The molecule has 0 saturated carbocycles. The Kier molecular flexibility index (Phi) is 4.71. The number of nitrogens with two attached hydrogens (primary N) is 1. The molecule has 0 aliphatic heterocycles. The number of oxazole rings is 1. The van der Waals surface area contributed by atoms with E-state index in [4.69, 9.17) is 15.7 Å². The van der Waals surface area contributed by atoms with Crippen molar-refractivity contribution >= 4 is 22.4 Å². The number of fused-ring (bicyclic) bond motifs is 1. The van der Waals surface area contributed by atoms with Gasteiger partial charge in [-0.05, 0) is 37.6 Å². The molecule has 0 radical (unpaired) electrons. The summed E-state index contributed by atoms with van der Waals surface area (Å²) in [6.07, 6.45) is 1.70. The van der Waals surface area contributed by atoms with E-state index >= 15 is 0 Å². The highest BCUT2D eigenvalue weighted by atomic mass is 16.4. The third kappa shape index (κ3) is 3.16. The Morgan fingerprint density at radius 1 is 1.10 bits per heavy atom. The summed E-state index contributed by atoms with van der Waals surface area (Å²) in [5.41, 5.74) is 4.71. The normalized spacial score (nSPS) is 12.1. The van der Waals surface area contributed by atoms with Gasteiger partial charge in [0.1, 0.15) is 5.52 Å². The summed E-state index contributed by atoms with van der Waals surface area (Å²) in [6, 6.07) is 16.8. The van der Waals surface area contributed by atoms with Crippen LogP contribution in [0.2, 0.25) is 0 Å². The third-order valence-corrected chi connectivity index (χ3v) is 4.89. The van der Waals surface area contributed by atoms with Gasteiger partial charge < -0.3 is 20.8 Å². The monoisotopic (exact) mass is 400 g/mol. The highest BCUT2D eigenvalue weighted by Gasteiger charge is 2.20. The molecule has 0 aliphatic carbocycles. The summed E-state index contributed by atoms with van der Waals surface area (Å²) < 4.78 is 6.37. The molecule has 0 aliphatic rings. The lowest BCUT2D eigenvalue weighted by molar-refractivity contribution is 0.418. The topological polar surface area (TPSA) is 118 Å². The van der Waals surface area contributed by atoms with E-state index < -0.39 is 5.76 Å². The minimum atomic E-state index is -0.702. The van der Waals surface area contributed by atoms with Crippen LogP contribution in [0.1, 0.15) is 19.4 Å². The molecule has 30 heavy (non-hydrogen) atoms. The molecule has 4 N–H and O–H groups in total. The van der Waals surface area contributed by atoms with Crippen LogP contribution in [-0.4, -0.2) is 20.5 Å². The fourth-order valence-electron chi connectivity index (χ4n) is 3.62. The number of aromatic nitrogens is 2. The van der Waals surface area contributed by atoms with Gasteiger partial charge in [0.25, 0.3) is 0 Å². The van der Waals surface area contributed by atoms with Crippen LogP contribution in [0.3, 0.4) is 0 Å². The summed E-state index contributed by atoms with van der Waals surface area (Å²) >= 11 is 0. The Labute approximate surface area is 172 Å². The minimum absolute atomic E-state index is 0.00307. The number of aliphatic hydroxyl groups excluding tert-OH is 1. The lowest BCUT2D eigenvalue weighted by Gasteiger charge is -2.13. The minimum Gasteiger partial charge on any atom is -0.512 e. The zero-order valence-corrected chi connectivity index (χ0v) is 16.5. The van der Waals surface area contributed by atoms with Gasteiger partial charge in [-0.2, -0.15) is 4.68 Å². The molecule has 0 bridgehead atoms. The second kappa shape index (κ2) is 7.36. The van der Waals surface area contributed by atoms with Crippen molar-refractivity contribution in [3.63, 3.8) is 0 Å². The van der Waals surface area contributed by atoms with Gasteiger partial charge in [0.2, 0.25) is 0 Å². The van der Waals surface area contributed by atoms with Gasteiger partial charge in [-0.1, -0.05) is 36.4 Å². The molecule has 0 amide bonds. The molecule has 4 aromatic rings. The average Bonchev–Trinajstić information content (AvgIpc) is 3.02. The maximum Gasteiger partial charge on any atom is 0.438 e. The summed E-state index contributed by atoms with van der Waals surface area (Å²) in [5.74, 6) is 5.21. The highest BCUT2D eigenvalue weighted by molar-refractivity contribution is 6.22. The van der Waals surface area contributed by atoms with Crippen LogP contribution >= 0.6 is 0 Å². The van der Waals surface area contributed by atoms with Crippen LogP contribution in [-0.2, 0) is 0 Å². The van der Waals surface area contributed by atoms with Crippen LogP contribution in [0.4, 0.5) is 0 Å². The van der Waals surface area contributed by atoms with Crippen LogP contribution in [0, 0.1) is 5.41 Å². The second-order valence-corrected chi connectivity index (χ2v) is 6.96. The molecule has 0 unspecified atom stereocenters. The zero-order chi connectivity index (χ0) is 21.4. The maximum atomic E-state index is 12.2. The molecule has 4 rings (SSSR count). The van der Waals surface area contributed by atoms with Gasteiger partial charge in [-0.15, -0.1) is 0 Å². The van der Waals surface area contributed by atoms with Crippen molar-refractivity contribution in [1.29, 1.82) is 5.41 Å². The quantitative estimate of drug-likeness (QED) is 0.267. The van der Waals surface area contributed by atoms with Gasteiger partial charge in [0.15, 0.2) is 5.58 Å². The summed E-state index contributed by atoms with van der Waals surface area (Å²) in [4.78, 5) is 16.7. The number of pyridine rings is 1. The molecule has 7 nitrogen and oxygen atoms in total. The summed E-state index contributed by atoms with van der Waals surface area (Å²) in [6.45, 7) is 3.10. The molecule has 2 aromatic heterocycles. The molecule has 2 aromatic carbocycles. The first-order valence-electron chi connectivity index (χ1n) is 9.29. The van der Waals surface area contributed by atoms with Crippen LogP contribution in [0.15, 0.2) is 75.8 Å². The van der Waals surface area contributed by atoms with Crippen molar-refractivity contribution in [2.24, 2.45) is 0 Å². The number of nitrogens with zero attached hydrogens (tertiary/aromatic N) is 2. The lowest BCUT2D eigenvalue weighted by Crippen LogP contribution is -2.21. The average molecular weight is 400 g/mol. The fourth-order valence-corrected chi connectivity index (χ4v) is 3.62. The van der Waals surface area contributed by atoms with Crippen LogP contribution in [0.5, 0.6) is 0 Å². The fraction of sp³-hybridized carbons (Fsp3) is 0.0870. The van der Waals surface area contributed by atoms with Gasteiger partial charge >= 0.3 is 5.76 Å². The van der Waals surface area contributed by atoms with E-state index in [2.05, 4.69) is 4.98 Å². The van der Waals surface area contributed by atoms with Crippen molar-refractivity contribution in [3.8, 4) is 22.4 Å². The van der Waals surface area contributed by atoms with Gasteiger partial charge in [-0.25, -0.2) is 4.79 Å². The van der Waals surface area contributed by atoms with Gasteiger partial charge in [-0.3, -0.25) is 4.98 Å². The van der Waals surface area contributed by atoms with Crippen molar-refractivity contribution in [2.45, 2.75) is 13.8 Å². The first-order chi connectivity index (χ1) is 14.4. The lowest BCUT2D eigenvalue weighted by atomic mass is 9.93. The Balaban J connectivity index is 2.11. The number of hydrogen-bond donors (Lipinski definition) is 3. The number of hydrogen-bond acceptors (Lipinski definition) is 6. The van der Waals surface area contributed by atoms with Crippen molar-refractivity contribution < 1.29 is 9.52 Å². The molecule has 0 atom stereocenters. The van der Waals surface area contributed by atoms with E-state index in [0.717, 1.165) is 15.8 Å². The predicted molar refractivity (Wildman–Crippen MR) is 118 cm³/mol. The van der Waals surface area contributed by atoms with Crippen molar-refractivity contribution in [2.75, 3.05) is 5.84 Å². The predicted octanol–water partition coefficient (Wildman–Crippen LogP) is 4.37. The first-order valence-corrected chi connectivity index (χ1v) is 9.29. The summed E-state index contributed by atoms with van der Waals surface area (Å²) in [7, 11) is 0. The Hall–Kier alpha value is -4.13. The summed E-state index contributed by atoms with van der Waals surface area (Å²) in [5, 5.41) is 18.3. The van der Waals surface area contributed by atoms with Crippen LogP contribution < -0.4 is 11.6 Å². The van der Waals surface area contributed by atoms with E-state index in [-0.39, 0.29) is 11.5 Å². The number of nitrogen functional groups attached to an aromatic ring is 1. The maximum absolute atomic E-state index is 12.2. The number of aliphatic hydroxyl groups is 1. The van der Waals surface area contributed by atoms with E-state index in [0.29, 0.717) is 33.5 Å². The van der Waals surface area contributed by atoms with Crippen molar-refractivity contribution in [1.82, 2.24) is 9.66 Å². The van der Waals surface area contributed by atoms with E-state index in [1.54, 1.807) is 31.3 Å². The number of allylic oxidation sites excluding steroid dienone is 2. The SMILES string of the molecule is CC(=N)/C(=C(/C)O)c1cc(-c2cccnc2-c2ccccc2)c2oc(=O)n(N)c2c1. The van der Waals surface area contributed by atoms with E-state index in [9.17, 15) is 9.90 Å². The Bertz CT molecular complexity index is 1360. The first kappa shape index (κ1) is 19.2. The zero-order valence-electron chi connectivity index (χ0n) is 16.5. The molecule has 150 valence electrons. The van der Waals surface area contributed by atoms with E-state index in [1.807, 2.05) is 36.4 Å². The molecular weight excluding hydrogens is 380 g/mol. The van der Waals surface area contributed by atoms with E-state index in [1.165, 1.54) is 6.92 Å². The largest absolute Gasteiger partial charge is 0.512 e. The van der Waals surface area contributed by atoms with Gasteiger partial charge in [0.05, 0.1) is 11.5 Å². The second-order valence-electron chi connectivity index (χ2n) is 6.96. The van der Waals surface area contributed by atoms with Gasteiger partial charge in [0, 0.05) is 34.2 Å². The smallest absolute Gasteiger partial charge is 0.438 e. The molecule has 0 saturated heterocycles. The van der Waals surface area contributed by atoms with Crippen LogP contribution in [0.25, 0.3) is 39.1 Å². The molecule has 2 heterocycles. The molecule has 0 spiro atoms. The molecule has 0 fully saturated rings. The number of rotatable bonds is 4. The Morgan fingerprint density at radius 2 is 1.83 bits per heavy atom. The third-order valence-electron chi connectivity index (χ3n) is 4.89. The Morgan fingerprint density at radius 3 is 2.50 bits per heavy atom. The van der Waals surface area contributed by atoms with Crippen molar-refractivity contribution in [3.05, 3.63) is 82.7 Å². The highest BCUT2D eigenvalue weighted by Crippen LogP contribution is 2.37. The number of benzene rings is 2. The standard InChI is InChI=1S/C23H20N4O3/c1-13(24)20(14(2)28)16-11-18(22-19(12-16)27(25)23(29)30-22)17-9-6-10-26-21(17)15-7-4-3-5-8-15/h3-12,24,28H,25H2,1-2H3/b20-14+,24-13?. The molecule has 7 heteroatoms. The number of nitrogens with one attached hydrogen (secondary N) is 1.